The minimum Gasteiger partial charge on any atom is -0.497 e. The van der Waals surface area contributed by atoms with E-state index in [2.05, 4.69) is 25.1 Å². The van der Waals surface area contributed by atoms with Gasteiger partial charge in [-0.1, -0.05) is 30.3 Å². The van der Waals surface area contributed by atoms with Crippen LogP contribution in [0.5, 0.6) is 5.75 Å². The third kappa shape index (κ3) is 2.32. The lowest BCUT2D eigenvalue weighted by Gasteiger charge is -2.11. The summed E-state index contributed by atoms with van der Waals surface area (Å²) in [5, 5.41) is 0. The van der Waals surface area contributed by atoms with Gasteiger partial charge in [-0.3, -0.25) is 0 Å². The molecule has 0 radical (unpaired) electrons. The topological polar surface area (TPSA) is 35.2 Å². The first kappa shape index (κ1) is 11.7. The predicted molar refractivity (Wildman–Crippen MR) is 71.1 cm³/mol. The van der Waals surface area contributed by atoms with Gasteiger partial charge >= 0.3 is 0 Å². The second-order valence-corrected chi connectivity index (χ2v) is 4.03. The van der Waals surface area contributed by atoms with E-state index in [4.69, 9.17) is 10.5 Å². The van der Waals surface area contributed by atoms with Crippen LogP contribution in [-0.2, 0) is 6.54 Å². The number of methoxy groups -OCH3 is 1. The first-order valence-electron chi connectivity index (χ1n) is 5.69. The fourth-order valence-electron chi connectivity index (χ4n) is 2.01. The molecule has 0 amide bonds. The van der Waals surface area contributed by atoms with Crippen LogP contribution in [0.3, 0.4) is 0 Å². The molecule has 0 atom stereocenters. The lowest BCUT2D eigenvalue weighted by Crippen LogP contribution is -2.00. The summed E-state index contributed by atoms with van der Waals surface area (Å²) in [7, 11) is 1.68. The largest absolute Gasteiger partial charge is 0.497 e. The van der Waals surface area contributed by atoms with E-state index < -0.39 is 0 Å². The molecule has 0 aromatic heterocycles. The van der Waals surface area contributed by atoms with Gasteiger partial charge in [0.2, 0.25) is 0 Å². The Morgan fingerprint density at radius 3 is 2.59 bits per heavy atom. The minimum absolute atomic E-state index is 0.573. The average molecular weight is 227 g/mol. The molecular weight excluding hydrogens is 210 g/mol. The quantitative estimate of drug-likeness (QED) is 0.874. The zero-order valence-corrected chi connectivity index (χ0v) is 10.2. The molecule has 0 unspecified atom stereocenters. The molecule has 2 N–H and O–H groups in total. The predicted octanol–water partition coefficient (Wildman–Crippen LogP) is 3.13. The van der Waals surface area contributed by atoms with Crippen LogP contribution in [0.1, 0.15) is 11.1 Å². The zero-order valence-electron chi connectivity index (χ0n) is 10.2. The number of nitrogens with two attached hydrogens (primary N) is 1. The highest BCUT2D eigenvalue weighted by molar-refractivity contribution is 5.69. The number of benzene rings is 2. The molecule has 2 aromatic rings. The van der Waals surface area contributed by atoms with Gasteiger partial charge in [-0.05, 0) is 41.3 Å². The molecule has 0 aliphatic heterocycles. The Labute approximate surface area is 102 Å². The number of rotatable bonds is 3. The molecule has 0 saturated heterocycles. The molecule has 0 saturated carbocycles. The molecule has 2 nitrogen and oxygen atoms in total. The Balaban J connectivity index is 2.52. The van der Waals surface area contributed by atoms with Crippen LogP contribution in [0.4, 0.5) is 0 Å². The van der Waals surface area contributed by atoms with Gasteiger partial charge in [0.15, 0.2) is 0 Å². The number of hydrogen-bond donors (Lipinski definition) is 1. The SMILES string of the molecule is COc1cccc(-c2cccc(CN)c2C)c1. The standard InChI is InChI=1S/C15H17NO/c1-11-13(10-16)6-4-8-15(11)12-5-3-7-14(9-12)17-2/h3-9H,10,16H2,1-2H3. The first-order chi connectivity index (χ1) is 8.26. The van der Waals surface area contributed by atoms with Gasteiger partial charge in [-0.2, -0.15) is 0 Å². The second-order valence-electron chi connectivity index (χ2n) is 4.03. The zero-order chi connectivity index (χ0) is 12.3. The molecule has 88 valence electrons. The van der Waals surface area contributed by atoms with Crippen LogP contribution in [-0.4, -0.2) is 7.11 Å². The van der Waals surface area contributed by atoms with Gasteiger partial charge < -0.3 is 10.5 Å². The summed E-state index contributed by atoms with van der Waals surface area (Å²) in [6.07, 6.45) is 0. The molecule has 0 aliphatic carbocycles. The van der Waals surface area contributed by atoms with E-state index >= 15 is 0 Å². The van der Waals surface area contributed by atoms with E-state index in [9.17, 15) is 0 Å². The van der Waals surface area contributed by atoms with Crippen LogP contribution in [0.25, 0.3) is 11.1 Å². The van der Waals surface area contributed by atoms with Crippen LogP contribution < -0.4 is 10.5 Å². The highest BCUT2D eigenvalue weighted by atomic mass is 16.5. The van der Waals surface area contributed by atoms with Gasteiger partial charge in [-0.15, -0.1) is 0 Å². The molecule has 2 rings (SSSR count). The molecule has 0 fully saturated rings. The normalized spacial score (nSPS) is 10.3. The van der Waals surface area contributed by atoms with E-state index in [-0.39, 0.29) is 0 Å². The Hall–Kier alpha value is -1.80. The maximum absolute atomic E-state index is 5.73. The van der Waals surface area contributed by atoms with Crippen molar-refractivity contribution >= 4 is 0 Å². The summed E-state index contributed by atoms with van der Waals surface area (Å²) in [6.45, 7) is 2.68. The second kappa shape index (κ2) is 5.02. The lowest BCUT2D eigenvalue weighted by atomic mass is 9.96. The Morgan fingerprint density at radius 1 is 1.12 bits per heavy atom. The Bertz CT molecular complexity index is 520. The van der Waals surface area contributed by atoms with Gasteiger partial charge in [0, 0.05) is 6.54 Å². The maximum Gasteiger partial charge on any atom is 0.119 e. The van der Waals surface area contributed by atoms with E-state index in [0.29, 0.717) is 6.54 Å². The third-order valence-corrected chi connectivity index (χ3v) is 3.05. The Morgan fingerprint density at radius 2 is 1.88 bits per heavy atom. The van der Waals surface area contributed by atoms with E-state index in [1.165, 1.54) is 16.7 Å². The first-order valence-corrected chi connectivity index (χ1v) is 5.69. The number of ether oxygens (including phenoxy) is 1. The van der Waals surface area contributed by atoms with Crippen molar-refractivity contribution in [3.05, 3.63) is 53.6 Å². The van der Waals surface area contributed by atoms with Crippen LogP contribution in [0.2, 0.25) is 0 Å². The maximum atomic E-state index is 5.73. The molecule has 0 spiro atoms. The van der Waals surface area contributed by atoms with Crippen molar-refractivity contribution in [3.8, 4) is 16.9 Å². The summed E-state index contributed by atoms with van der Waals surface area (Å²) in [4.78, 5) is 0. The molecule has 2 aromatic carbocycles. The van der Waals surface area contributed by atoms with Gasteiger partial charge in [0.1, 0.15) is 5.75 Å². The number of hydrogen-bond acceptors (Lipinski definition) is 2. The highest BCUT2D eigenvalue weighted by Crippen LogP contribution is 2.28. The summed E-state index contributed by atoms with van der Waals surface area (Å²) >= 11 is 0. The fraction of sp³-hybridized carbons (Fsp3) is 0.200. The molecular formula is C15H17NO. The van der Waals surface area contributed by atoms with Crippen molar-refractivity contribution in [2.45, 2.75) is 13.5 Å². The average Bonchev–Trinajstić information content (AvgIpc) is 2.39. The summed E-state index contributed by atoms with van der Waals surface area (Å²) in [6, 6.07) is 14.3. The van der Waals surface area contributed by atoms with Crippen LogP contribution >= 0.6 is 0 Å². The molecule has 17 heavy (non-hydrogen) atoms. The van der Waals surface area contributed by atoms with E-state index in [1.54, 1.807) is 7.11 Å². The van der Waals surface area contributed by atoms with Crippen LogP contribution in [0.15, 0.2) is 42.5 Å². The van der Waals surface area contributed by atoms with Crippen molar-refractivity contribution in [1.29, 1.82) is 0 Å². The highest BCUT2D eigenvalue weighted by Gasteiger charge is 2.05. The van der Waals surface area contributed by atoms with Crippen molar-refractivity contribution < 1.29 is 4.74 Å². The fourth-order valence-corrected chi connectivity index (χ4v) is 2.01. The summed E-state index contributed by atoms with van der Waals surface area (Å²) in [5.41, 5.74) is 10.5. The minimum atomic E-state index is 0.573. The van der Waals surface area contributed by atoms with Crippen LogP contribution in [0, 0.1) is 6.92 Å². The van der Waals surface area contributed by atoms with Crippen molar-refractivity contribution in [3.63, 3.8) is 0 Å². The van der Waals surface area contributed by atoms with Gasteiger partial charge in [0.25, 0.3) is 0 Å². The van der Waals surface area contributed by atoms with E-state index in [1.807, 2.05) is 24.3 Å². The lowest BCUT2D eigenvalue weighted by molar-refractivity contribution is 0.415. The smallest absolute Gasteiger partial charge is 0.119 e. The molecule has 0 heterocycles. The van der Waals surface area contributed by atoms with Crippen molar-refractivity contribution in [1.82, 2.24) is 0 Å². The van der Waals surface area contributed by atoms with E-state index in [0.717, 1.165) is 11.3 Å². The molecule has 0 aliphatic rings. The van der Waals surface area contributed by atoms with Gasteiger partial charge in [-0.25, -0.2) is 0 Å². The Kier molecular flexibility index (Phi) is 3.45. The molecule has 2 heteroatoms. The van der Waals surface area contributed by atoms with Crippen molar-refractivity contribution in [2.24, 2.45) is 5.73 Å². The molecule has 0 bridgehead atoms. The third-order valence-electron chi connectivity index (χ3n) is 3.05. The van der Waals surface area contributed by atoms with Crippen molar-refractivity contribution in [2.75, 3.05) is 7.11 Å². The summed E-state index contributed by atoms with van der Waals surface area (Å²) in [5.74, 6) is 0.875. The monoisotopic (exact) mass is 227 g/mol. The van der Waals surface area contributed by atoms with Gasteiger partial charge in [0.05, 0.1) is 7.11 Å². The summed E-state index contributed by atoms with van der Waals surface area (Å²) < 4.78 is 5.25.